The van der Waals surface area contributed by atoms with Gasteiger partial charge < -0.3 is 5.32 Å². The molecule has 6 nitrogen and oxygen atoms in total. The Morgan fingerprint density at radius 3 is 2.58 bits per heavy atom. The van der Waals surface area contributed by atoms with Crippen LogP contribution in [-0.2, 0) is 14.4 Å². The zero-order valence-corrected chi connectivity index (χ0v) is 22.6. The van der Waals surface area contributed by atoms with Gasteiger partial charge in [-0.1, -0.05) is 93.0 Å². The number of anilines is 2. The Morgan fingerprint density at radius 2 is 1.86 bits per heavy atom. The van der Waals surface area contributed by atoms with Crippen LogP contribution < -0.4 is 10.2 Å². The Kier molecular flexibility index (Phi) is 8.49. The molecule has 1 N–H and O–H groups in total. The molecule has 0 aromatic heterocycles. The molecule has 0 radical (unpaired) electrons. The molecule has 0 saturated carbocycles. The summed E-state index contributed by atoms with van der Waals surface area (Å²) in [6, 6.07) is 14.0. The number of unbranched alkanes of at least 4 members (excludes halogenated alkanes) is 1. The van der Waals surface area contributed by atoms with Gasteiger partial charge in [0.05, 0.1) is 16.2 Å². The Balaban J connectivity index is 1.59. The second-order valence-corrected chi connectivity index (χ2v) is 11.0. The van der Waals surface area contributed by atoms with Crippen LogP contribution in [0, 0.1) is 5.92 Å². The summed E-state index contributed by atoms with van der Waals surface area (Å²) < 4.78 is 0.472. The van der Waals surface area contributed by atoms with Crippen LogP contribution in [0.15, 0.2) is 53.4 Å². The summed E-state index contributed by atoms with van der Waals surface area (Å²) in [6.45, 7) is 4.64. The normalized spacial score (nSPS) is 18.1. The molecule has 0 aliphatic carbocycles. The molecule has 9 heteroatoms. The highest BCUT2D eigenvalue weighted by Gasteiger charge is 2.42. The molecule has 1 unspecified atom stereocenters. The van der Waals surface area contributed by atoms with Crippen LogP contribution in [-0.4, -0.2) is 40.0 Å². The van der Waals surface area contributed by atoms with Gasteiger partial charge in [0.15, 0.2) is 0 Å². The van der Waals surface area contributed by atoms with Gasteiger partial charge >= 0.3 is 0 Å². The third kappa shape index (κ3) is 5.51. The van der Waals surface area contributed by atoms with Crippen LogP contribution in [0.2, 0.25) is 5.02 Å². The number of hydrogen-bond donors (Lipinski definition) is 1. The van der Waals surface area contributed by atoms with Crippen molar-refractivity contribution >= 4 is 74.6 Å². The predicted molar refractivity (Wildman–Crippen MR) is 151 cm³/mol. The Hall–Kier alpha value is -2.68. The molecular weight excluding hydrogens is 514 g/mol. The van der Waals surface area contributed by atoms with E-state index in [4.69, 9.17) is 23.8 Å². The topological polar surface area (TPSA) is 69.7 Å². The lowest BCUT2D eigenvalue weighted by atomic mass is 9.98. The number of hydrogen-bond acceptors (Lipinski definition) is 5. The van der Waals surface area contributed by atoms with Crippen molar-refractivity contribution in [3.63, 3.8) is 0 Å². The number of halogens is 1. The maximum atomic E-state index is 13.6. The van der Waals surface area contributed by atoms with Gasteiger partial charge in [-0.15, -0.1) is 0 Å². The summed E-state index contributed by atoms with van der Waals surface area (Å²) >= 11 is 12.7. The molecule has 2 aromatic carbocycles. The third-order valence-corrected chi connectivity index (χ3v) is 8.08. The molecule has 188 valence electrons. The van der Waals surface area contributed by atoms with Gasteiger partial charge in [-0.2, -0.15) is 0 Å². The van der Waals surface area contributed by atoms with Crippen molar-refractivity contribution in [1.82, 2.24) is 4.90 Å². The van der Waals surface area contributed by atoms with E-state index in [1.165, 1.54) is 16.7 Å². The fraction of sp³-hybridized carbons (Fsp3) is 0.333. The van der Waals surface area contributed by atoms with Crippen molar-refractivity contribution in [3.05, 3.63) is 64.0 Å². The first kappa shape index (κ1) is 26.4. The van der Waals surface area contributed by atoms with E-state index in [2.05, 4.69) is 19.2 Å². The smallest absolute Gasteiger partial charge is 0.267 e. The van der Waals surface area contributed by atoms with Gasteiger partial charge in [0.2, 0.25) is 5.91 Å². The fourth-order valence-electron chi connectivity index (χ4n) is 4.45. The largest absolute Gasteiger partial charge is 0.324 e. The van der Waals surface area contributed by atoms with E-state index in [0.717, 1.165) is 25.7 Å². The molecule has 0 spiro atoms. The van der Waals surface area contributed by atoms with Crippen molar-refractivity contribution in [2.75, 3.05) is 23.3 Å². The summed E-state index contributed by atoms with van der Waals surface area (Å²) in [7, 11) is 0. The highest BCUT2D eigenvalue weighted by atomic mass is 35.5. The number of para-hydroxylation sites is 1. The molecule has 1 fully saturated rings. The molecule has 3 amide bonds. The first-order valence-electron chi connectivity index (χ1n) is 12.1. The molecule has 1 saturated heterocycles. The number of thioether (sulfide) groups is 1. The van der Waals surface area contributed by atoms with Gasteiger partial charge in [0, 0.05) is 22.8 Å². The second-order valence-electron chi connectivity index (χ2n) is 8.87. The van der Waals surface area contributed by atoms with Crippen LogP contribution in [0.25, 0.3) is 5.57 Å². The van der Waals surface area contributed by atoms with E-state index in [1.807, 2.05) is 12.1 Å². The van der Waals surface area contributed by atoms with Gasteiger partial charge in [-0.05, 0) is 36.6 Å². The first-order chi connectivity index (χ1) is 17.3. The zero-order chi connectivity index (χ0) is 25.8. The minimum atomic E-state index is -0.379. The number of nitrogens with zero attached hydrogens (tertiary/aromatic N) is 2. The summed E-state index contributed by atoms with van der Waals surface area (Å²) in [4.78, 5) is 43.3. The van der Waals surface area contributed by atoms with Crippen molar-refractivity contribution in [2.24, 2.45) is 5.92 Å². The summed E-state index contributed by atoms with van der Waals surface area (Å²) in [5, 5.41) is 3.28. The van der Waals surface area contributed by atoms with Gasteiger partial charge in [-0.3, -0.25) is 24.2 Å². The third-order valence-electron chi connectivity index (χ3n) is 6.39. The summed E-state index contributed by atoms with van der Waals surface area (Å²) in [5.41, 5.74) is 2.08. The lowest BCUT2D eigenvalue weighted by molar-refractivity contribution is -0.123. The van der Waals surface area contributed by atoms with E-state index in [1.54, 1.807) is 41.3 Å². The van der Waals surface area contributed by atoms with Crippen LogP contribution in [0.3, 0.4) is 0 Å². The molecule has 0 bridgehead atoms. The van der Waals surface area contributed by atoms with Crippen LogP contribution in [0.1, 0.15) is 45.1 Å². The highest BCUT2D eigenvalue weighted by molar-refractivity contribution is 8.26. The zero-order valence-electron chi connectivity index (χ0n) is 20.3. The average molecular weight is 542 g/mol. The molecule has 4 rings (SSSR count). The quantitative estimate of drug-likeness (QED) is 0.306. The maximum Gasteiger partial charge on any atom is 0.267 e. The number of nitrogens with one attached hydrogen (secondary N) is 1. The van der Waals surface area contributed by atoms with Crippen molar-refractivity contribution < 1.29 is 14.4 Å². The average Bonchev–Trinajstić information content (AvgIpc) is 3.28. The predicted octanol–water partition coefficient (Wildman–Crippen LogP) is 6.11. The van der Waals surface area contributed by atoms with E-state index in [9.17, 15) is 14.4 Å². The number of thiocarbonyl (C=S) groups is 1. The maximum absolute atomic E-state index is 13.6. The van der Waals surface area contributed by atoms with Crippen molar-refractivity contribution in [1.29, 1.82) is 0 Å². The Morgan fingerprint density at radius 1 is 1.08 bits per heavy atom. The van der Waals surface area contributed by atoms with E-state index in [-0.39, 0.29) is 24.3 Å². The first-order valence-corrected chi connectivity index (χ1v) is 13.7. The molecule has 2 heterocycles. The number of benzene rings is 2. The van der Waals surface area contributed by atoms with E-state index < -0.39 is 0 Å². The lowest BCUT2D eigenvalue weighted by Crippen LogP contribution is -2.36. The molecule has 2 aliphatic rings. The van der Waals surface area contributed by atoms with E-state index >= 15 is 0 Å². The number of amides is 3. The summed E-state index contributed by atoms with van der Waals surface area (Å²) in [6.07, 6.45) is 4.20. The Labute approximate surface area is 226 Å². The standard InChI is InChI=1S/C27H28ClN3O3S2/c1-3-5-9-17(4-2)15-31-26(34)24(36-27(31)35)23-20-12-6-7-13-21(20)30(25(23)33)16-22(32)29-19-11-8-10-18(28)14-19/h6-8,10-14,17H,3-5,9,15-16H2,1-2H3,(H,29,32)/b24-23-. The summed E-state index contributed by atoms with van der Waals surface area (Å²) in [5.74, 6) is -0.620. The van der Waals surface area contributed by atoms with E-state index in [0.29, 0.717) is 49.2 Å². The van der Waals surface area contributed by atoms with Crippen LogP contribution >= 0.6 is 35.6 Å². The van der Waals surface area contributed by atoms with Crippen LogP contribution in [0.4, 0.5) is 11.4 Å². The molecule has 36 heavy (non-hydrogen) atoms. The molecule has 2 aliphatic heterocycles. The van der Waals surface area contributed by atoms with Gasteiger partial charge in [0.1, 0.15) is 10.9 Å². The highest BCUT2D eigenvalue weighted by Crippen LogP contribution is 2.44. The monoisotopic (exact) mass is 541 g/mol. The Bertz CT molecular complexity index is 1250. The van der Waals surface area contributed by atoms with Gasteiger partial charge in [-0.25, -0.2) is 0 Å². The molecule has 1 atom stereocenters. The fourth-order valence-corrected chi connectivity index (χ4v) is 5.99. The van der Waals surface area contributed by atoms with Crippen molar-refractivity contribution in [3.8, 4) is 0 Å². The second kappa shape index (κ2) is 11.6. The number of carbonyl (C=O) groups is 3. The minimum absolute atomic E-state index is 0.193. The number of fused-ring (bicyclic) bond motifs is 1. The molecular formula is C27H28ClN3O3S2. The SMILES string of the molecule is CCCCC(CC)CN1C(=O)/C(=C2/C(=O)N(CC(=O)Nc3cccc(Cl)c3)c3ccccc32)SC1=S. The molecule has 2 aromatic rings. The van der Waals surface area contributed by atoms with Gasteiger partial charge in [0.25, 0.3) is 11.8 Å². The minimum Gasteiger partial charge on any atom is -0.324 e. The van der Waals surface area contributed by atoms with Crippen molar-refractivity contribution in [2.45, 2.75) is 39.5 Å². The number of rotatable bonds is 9. The number of carbonyl (C=O) groups excluding carboxylic acids is 3. The van der Waals surface area contributed by atoms with Crippen LogP contribution in [0.5, 0.6) is 0 Å². The lowest BCUT2D eigenvalue weighted by Gasteiger charge is -2.21.